The number of hydrogen-bond donors (Lipinski definition) is 1. The number of carbonyl (C=O) groups excluding carboxylic acids is 1. The molecule has 1 aromatic carbocycles. The van der Waals surface area contributed by atoms with Crippen molar-refractivity contribution in [1.29, 1.82) is 5.26 Å². The lowest BCUT2D eigenvalue weighted by molar-refractivity contribution is -0.119. The lowest BCUT2D eigenvalue weighted by Gasteiger charge is -2.09. The summed E-state index contributed by atoms with van der Waals surface area (Å²) in [6, 6.07) is 6.65. The molecule has 1 atom stereocenters. The van der Waals surface area contributed by atoms with E-state index in [1.165, 1.54) is 31.2 Å². The predicted octanol–water partition coefficient (Wildman–Crippen LogP) is 1.53. The first-order valence-corrected chi connectivity index (χ1v) is 4.05. The van der Waals surface area contributed by atoms with Gasteiger partial charge in [0.1, 0.15) is 11.9 Å². The number of amides is 1. The zero-order valence-corrected chi connectivity index (χ0v) is 7.62. The van der Waals surface area contributed by atoms with Gasteiger partial charge < -0.3 is 5.32 Å². The van der Waals surface area contributed by atoms with E-state index in [4.69, 9.17) is 5.26 Å². The molecule has 0 heterocycles. The first-order chi connectivity index (χ1) is 6.63. The van der Waals surface area contributed by atoms with Crippen LogP contribution in [0.15, 0.2) is 24.3 Å². The molecule has 0 unspecified atom stereocenters. The number of nitriles is 1. The first-order valence-electron chi connectivity index (χ1n) is 4.05. The summed E-state index contributed by atoms with van der Waals surface area (Å²) in [7, 11) is 0. The average molecular weight is 192 g/mol. The van der Waals surface area contributed by atoms with Crippen LogP contribution in [0.5, 0.6) is 0 Å². The predicted molar refractivity (Wildman–Crippen MR) is 48.6 cm³/mol. The minimum absolute atomic E-state index is 0.291. The third-order valence-corrected chi connectivity index (χ3v) is 1.68. The van der Waals surface area contributed by atoms with Gasteiger partial charge in [-0.2, -0.15) is 5.26 Å². The molecule has 0 spiro atoms. The highest BCUT2D eigenvalue weighted by molar-refractivity contribution is 5.73. The molecular formula is C10H9FN2O. The van der Waals surface area contributed by atoms with E-state index in [9.17, 15) is 9.18 Å². The summed E-state index contributed by atoms with van der Waals surface area (Å²) < 4.78 is 12.5. The Kier molecular flexibility index (Phi) is 3.19. The van der Waals surface area contributed by atoms with Crippen molar-refractivity contribution in [3.05, 3.63) is 35.6 Å². The Morgan fingerprint density at radius 2 is 2.07 bits per heavy atom. The number of carbonyl (C=O) groups is 1. The Morgan fingerprint density at radius 1 is 1.50 bits per heavy atom. The van der Waals surface area contributed by atoms with Gasteiger partial charge in [-0.15, -0.1) is 0 Å². The van der Waals surface area contributed by atoms with Crippen LogP contribution in [0, 0.1) is 17.1 Å². The highest BCUT2D eigenvalue weighted by atomic mass is 19.1. The van der Waals surface area contributed by atoms with Crippen LogP contribution in [0.2, 0.25) is 0 Å². The van der Waals surface area contributed by atoms with E-state index in [0.29, 0.717) is 5.56 Å². The molecule has 0 fully saturated rings. The molecule has 4 heteroatoms. The lowest BCUT2D eigenvalue weighted by atomic mass is 10.1. The molecule has 0 radical (unpaired) electrons. The van der Waals surface area contributed by atoms with Crippen molar-refractivity contribution in [2.24, 2.45) is 0 Å². The van der Waals surface area contributed by atoms with Gasteiger partial charge in [0.25, 0.3) is 0 Å². The number of hydrogen-bond acceptors (Lipinski definition) is 2. The second-order valence-electron chi connectivity index (χ2n) is 2.81. The molecule has 3 nitrogen and oxygen atoms in total. The molecule has 0 bridgehead atoms. The summed E-state index contributed by atoms with van der Waals surface area (Å²) in [4.78, 5) is 10.7. The third-order valence-electron chi connectivity index (χ3n) is 1.68. The molecule has 14 heavy (non-hydrogen) atoms. The summed E-state index contributed by atoms with van der Waals surface area (Å²) >= 11 is 0. The molecule has 0 aromatic heterocycles. The van der Waals surface area contributed by atoms with E-state index >= 15 is 0 Å². The van der Waals surface area contributed by atoms with Crippen LogP contribution in [-0.2, 0) is 4.79 Å². The molecule has 1 aromatic rings. The summed E-state index contributed by atoms with van der Waals surface area (Å²) in [5, 5.41) is 11.2. The Labute approximate surface area is 81.2 Å². The minimum atomic E-state index is -0.715. The molecule has 0 aliphatic rings. The summed E-state index contributed by atoms with van der Waals surface area (Å²) in [6.07, 6.45) is 0. The number of benzene rings is 1. The molecule has 0 saturated heterocycles. The van der Waals surface area contributed by atoms with E-state index in [1.54, 1.807) is 0 Å². The highest BCUT2D eigenvalue weighted by Gasteiger charge is 2.10. The summed E-state index contributed by atoms with van der Waals surface area (Å²) in [5.74, 6) is -0.658. The zero-order chi connectivity index (χ0) is 10.6. The van der Waals surface area contributed by atoms with Gasteiger partial charge >= 0.3 is 0 Å². The van der Waals surface area contributed by atoms with Gasteiger partial charge in [0, 0.05) is 6.92 Å². The van der Waals surface area contributed by atoms with Crippen LogP contribution in [-0.4, -0.2) is 5.91 Å². The SMILES string of the molecule is CC(=O)N[C@H](C#N)c1ccc(F)cc1. The molecule has 72 valence electrons. The van der Waals surface area contributed by atoms with Crippen molar-refractivity contribution >= 4 is 5.91 Å². The van der Waals surface area contributed by atoms with Crippen LogP contribution in [0.4, 0.5) is 4.39 Å². The fourth-order valence-corrected chi connectivity index (χ4v) is 1.05. The quantitative estimate of drug-likeness (QED) is 0.772. The molecule has 0 aliphatic heterocycles. The molecular weight excluding hydrogens is 183 g/mol. The lowest BCUT2D eigenvalue weighted by Crippen LogP contribution is -2.24. The highest BCUT2D eigenvalue weighted by Crippen LogP contribution is 2.12. The van der Waals surface area contributed by atoms with Crippen LogP contribution < -0.4 is 5.32 Å². The van der Waals surface area contributed by atoms with Crippen molar-refractivity contribution in [2.45, 2.75) is 13.0 Å². The maximum Gasteiger partial charge on any atom is 0.218 e. The van der Waals surface area contributed by atoms with Crippen molar-refractivity contribution in [3.8, 4) is 6.07 Å². The molecule has 1 amide bonds. The van der Waals surface area contributed by atoms with Crippen molar-refractivity contribution < 1.29 is 9.18 Å². The summed E-state index contributed by atoms with van der Waals surface area (Å²) in [6.45, 7) is 1.33. The van der Waals surface area contributed by atoms with Crippen LogP contribution in [0.1, 0.15) is 18.5 Å². The van der Waals surface area contributed by atoms with Gasteiger partial charge in [-0.25, -0.2) is 4.39 Å². The molecule has 1 rings (SSSR count). The zero-order valence-electron chi connectivity index (χ0n) is 7.62. The molecule has 0 aliphatic carbocycles. The Bertz CT molecular complexity index is 367. The van der Waals surface area contributed by atoms with Gasteiger partial charge in [0.05, 0.1) is 6.07 Å². The fourth-order valence-electron chi connectivity index (χ4n) is 1.05. The molecule has 0 saturated carbocycles. The van der Waals surface area contributed by atoms with Gasteiger partial charge in [0.15, 0.2) is 0 Å². The van der Waals surface area contributed by atoms with Crippen molar-refractivity contribution in [3.63, 3.8) is 0 Å². The van der Waals surface area contributed by atoms with Crippen molar-refractivity contribution in [2.75, 3.05) is 0 Å². The number of halogens is 1. The first kappa shape index (κ1) is 10.2. The van der Waals surface area contributed by atoms with E-state index in [1.807, 2.05) is 6.07 Å². The van der Waals surface area contributed by atoms with Crippen LogP contribution >= 0.6 is 0 Å². The van der Waals surface area contributed by atoms with Gasteiger partial charge in [-0.1, -0.05) is 12.1 Å². The monoisotopic (exact) mass is 192 g/mol. The largest absolute Gasteiger partial charge is 0.337 e. The van der Waals surface area contributed by atoms with Gasteiger partial charge in [-0.3, -0.25) is 4.79 Å². The van der Waals surface area contributed by atoms with Gasteiger partial charge in [-0.05, 0) is 17.7 Å². The molecule has 1 N–H and O–H groups in total. The Balaban J connectivity index is 2.85. The number of rotatable bonds is 2. The maximum atomic E-state index is 12.5. The second-order valence-corrected chi connectivity index (χ2v) is 2.81. The Hall–Kier alpha value is -1.89. The normalized spacial score (nSPS) is 11.5. The minimum Gasteiger partial charge on any atom is -0.337 e. The fraction of sp³-hybridized carbons (Fsp3) is 0.200. The summed E-state index contributed by atoms with van der Waals surface area (Å²) in [5.41, 5.74) is 0.573. The number of nitrogens with one attached hydrogen (secondary N) is 1. The second kappa shape index (κ2) is 4.38. The third kappa shape index (κ3) is 2.56. The van der Waals surface area contributed by atoms with Gasteiger partial charge in [0.2, 0.25) is 5.91 Å². The Morgan fingerprint density at radius 3 is 2.50 bits per heavy atom. The van der Waals surface area contributed by atoms with E-state index in [-0.39, 0.29) is 11.7 Å². The number of nitrogens with zero attached hydrogens (tertiary/aromatic N) is 1. The topological polar surface area (TPSA) is 52.9 Å². The maximum absolute atomic E-state index is 12.5. The van der Waals surface area contributed by atoms with E-state index in [0.717, 1.165) is 0 Å². The van der Waals surface area contributed by atoms with E-state index < -0.39 is 6.04 Å². The smallest absolute Gasteiger partial charge is 0.218 e. The van der Waals surface area contributed by atoms with E-state index in [2.05, 4.69) is 5.32 Å². The van der Waals surface area contributed by atoms with Crippen LogP contribution in [0.25, 0.3) is 0 Å². The van der Waals surface area contributed by atoms with Crippen LogP contribution in [0.3, 0.4) is 0 Å². The van der Waals surface area contributed by atoms with Crippen molar-refractivity contribution in [1.82, 2.24) is 5.32 Å². The average Bonchev–Trinajstić information content (AvgIpc) is 2.15. The standard InChI is InChI=1S/C10H9FN2O/c1-7(14)13-10(6-12)8-2-4-9(11)5-3-8/h2-5,10H,1H3,(H,13,14)/t10-/m1/s1.